The fraction of sp³-hybridized carbons (Fsp3) is 0.778. The molecule has 12 heavy (non-hydrogen) atoms. The van der Waals surface area contributed by atoms with Crippen molar-refractivity contribution in [1.82, 2.24) is 0 Å². The van der Waals surface area contributed by atoms with Crippen LogP contribution in [0.15, 0.2) is 4.99 Å². The Kier molecular flexibility index (Phi) is 3.77. The molecule has 0 atom stereocenters. The zero-order chi connectivity index (χ0) is 8.81. The number of carboxylic acid groups (broad SMARTS) is 1. The molecule has 1 saturated carbocycles. The first-order chi connectivity index (χ1) is 5.79. The van der Waals surface area contributed by atoms with Gasteiger partial charge in [-0.1, -0.05) is 19.3 Å². The van der Waals surface area contributed by atoms with E-state index in [1.807, 2.05) is 6.21 Å². The van der Waals surface area contributed by atoms with E-state index in [2.05, 4.69) is 4.99 Å². The number of carboxylic acids is 1. The lowest BCUT2D eigenvalue weighted by Crippen LogP contribution is -2.08. The van der Waals surface area contributed by atoms with E-state index in [0.29, 0.717) is 5.92 Å². The van der Waals surface area contributed by atoms with Gasteiger partial charge in [-0.15, -0.1) is 0 Å². The summed E-state index contributed by atoms with van der Waals surface area (Å²) in [6.45, 7) is -0.0729. The van der Waals surface area contributed by atoms with Crippen molar-refractivity contribution in [2.24, 2.45) is 10.9 Å². The molecular weight excluding hydrogens is 154 g/mol. The molecule has 0 aromatic rings. The largest absolute Gasteiger partial charge is 0.480 e. The van der Waals surface area contributed by atoms with Crippen molar-refractivity contribution in [3.8, 4) is 0 Å². The molecule has 1 aliphatic carbocycles. The van der Waals surface area contributed by atoms with Crippen molar-refractivity contribution in [1.29, 1.82) is 0 Å². The first-order valence-electron chi connectivity index (χ1n) is 4.51. The molecule has 1 aliphatic rings. The number of aliphatic imine (C=N–C) groups is 1. The Hall–Kier alpha value is -0.860. The van der Waals surface area contributed by atoms with Crippen LogP contribution in [-0.2, 0) is 4.79 Å². The molecule has 0 amide bonds. The summed E-state index contributed by atoms with van der Waals surface area (Å²) >= 11 is 0. The molecule has 68 valence electrons. The van der Waals surface area contributed by atoms with E-state index in [4.69, 9.17) is 5.11 Å². The molecule has 1 fully saturated rings. The Balaban J connectivity index is 2.19. The Bertz CT molecular complexity index is 171. The molecule has 0 aliphatic heterocycles. The number of rotatable bonds is 3. The minimum absolute atomic E-state index is 0.0729. The summed E-state index contributed by atoms with van der Waals surface area (Å²) in [6, 6.07) is 0. The lowest BCUT2D eigenvalue weighted by atomic mass is 9.90. The fourth-order valence-corrected chi connectivity index (χ4v) is 1.56. The number of hydrogen-bond donors (Lipinski definition) is 1. The summed E-state index contributed by atoms with van der Waals surface area (Å²) in [5.74, 6) is -0.305. The Morgan fingerprint density at radius 1 is 1.42 bits per heavy atom. The summed E-state index contributed by atoms with van der Waals surface area (Å²) < 4.78 is 0. The number of carbonyl (C=O) groups is 1. The molecule has 0 heterocycles. The molecule has 3 heteroatoms. The lowest BCUT2D eigenvalue weighted by Gasteiger charge is -2.16. The smallest absolute Gasteiger partial charge is 0.325 e. The molecule has 0 saturated heterocycles. The minimum Gasteiger partial charge on any atom is -0.480 e. The molecule has 0 aromatic heterocycles. The highest BCUT2D eigenvalue weighted by atomic mass is 16.4. The van der Waals surface area contributed by atoms with Crippen LogP contribution >= 0.6 is 0 Å². The second-order valence-corrected chi connectivity index (χ2v) is 3.28. The van der Waals surface area contributed by atoms with E-state index in [9.17, 15) is 4.79 Å². The average Bonchev–Trinajstić information content (AvgIpc) is 2.05. The summed E-state index contributed by atoms with van der Waals surface area (Å²) in [7, 11) is 0. The summed E-state index contributed by atoms with van der Waals surface area (Å²) in [5, 5.41) is 8.33. The maximum absolute atomic E-state index is 10.1. The van der Waals surface area contributed by atoms with Gasteiger partial charge in [0.15, 0.2) is 0 Å². The number of nitrogens with zero attached hydrogens (tertiary/aromatic N) is 1. The van der Waals surface area contributed by atoms with Gasteiger partial charge in [-0.25, -0.2) is 0 Å². The quantitative estimate of drug-likeness (QED) is 0.654. The van der Waals surface area contributed by atoms with Crippen LogP contribution in [-0.4, -0.2) is 23.8 Å². The first-order valence-corrected chi connectivity index (χ1v) is 4.51. The van der Waals surface area contributed by atoms with E-state index < -0.39 is 5.97 Å². The highest BCUT2D eigenvalue weighted by molar-refractivity contribution is 5.72. The predicted molar refractivity (Wildman–Crippen MR) is 47.6 cm³/mol. The van der Waals surface area contributed by atoms with Gasteiger partial charge in [-0.3, -0.25) is 9.79 Å². The molecule has 0 radical (unpaired) electrons. The summed E-state index contributed by atoms with van der Waals surface area (Å²) in [5.41, 5.74) is 0. The van der Waals surface area contributed by atoms with Crippen molar-refractivity contribution in [2.45, 2.75) is 32.1 Å². The molecule has 3 nitrogen and oxygen atoms in total. The van der Waals surface area contributed by atoms with Crippen molar-refractivity contribution in [3.05, 3.63) is 0 Å². The van der Waals surface area contributed by atoms with E-state index in [0.717, 1.165) is 0 Å². The van der Waals surface area contributed by atoms with Crippen molar-refractivity contribution in [2.75, 3.05) is 6.54 Å². The summed E-state index contributed by atoms with van der Waals surface area (Å²) in [6.07, 6.45) is 8.05. The third-order valence-corrected chi connectivity index (χ3v) is 2.19. The van der Waals surface area contributed by atoms with Gasteiger partial charge >= 0.3 is 5.97 Å². The predicted octanol–water partition coefficient (Wildman–Crippen LogP) is 1.72. The molecule has 1 rings (SSSR count). The monoisotopic (exact) mass is 169 g/mol. The van der Waals surface area contributed by atoms with Crippen LogP contribution < -0.4 is 0 Å². The molecule has 1 N–H and O–H groups in total. The Morgan fingerprint density at radius 2 is 2.08 bits per heavy atom. The van der Waals surface area contributed by atoms with Gasteiger partial charge in [-0.05, 0) is 18.8 Å². The highest BCUT2D eigenvalue weighted by Crippen LogP contribution is 2.21. The molecule has 0 aromatic carbocycles. The van der Waals surface area contributed by atoms with Crippen molar-refractivity contribution >= 4 is 12.2 Å². The lowest BCUT2D eigenvalue weighted by molar-refractivity contribution is -0.135. The van der Waals surface area contributed by atoms with Gasteiger partial charge in [-0.2, -0.15) is 0 Å². The van der Waals surface area contributed by atoms with Gasteiger partial charge in [0, 0.05) is 6.21 Å². The average molecular weight is 169 g/mol. The van der Waals surface area contributed by atoms with Crippen LogP contribution in [0.25, 0.3) is 0 Å². The van der Waals surface area contributed by atoms with Crippen LogP contribution in [0.4, 0.5) is 0 Å². The first kappa shape index (κ1) is 9.23. The van der Waals surface area contributed by atoms with Crippen molar-refractivity contribution in [3.63, 3.8) is 0 Å². The van der Waals surface area contributed by atoms with Crippen LogP contribution in [0.3, 0.4) is 0 Å². The number of hydrogen-bond acceptors (Lipinski definition) is 2. The summed E-state index contributed by atoms with van der Waals surface area (Å²) in [4.78, 5) is 14.0. The van der Waals surface area contributed by atoms with Crippen LogP contribution in [0.1, 0.15) is 32.1 Å². The van der Waals surface area contributed by atoms with E-state index in [-0.39, 0.29) is 6.54 Å². The maximum Gasteiger partial charge on any atom is 0.325 e. The number of aliphatic carboxylic acids is 1. The highest BCUT2D eigenvalue weighted by Gasteiger charge is 2.10. The topological polar surface area (TPSA) is 49.7 Å². The van der Waals surface area contributed by atoms with Gasteiger partial charge in [0.25, 0.3) is 0 Å². The third kappa shape index (κ3) is 3.51. The van der Waals surface area contributed by atoms with Crippen LogP contribution in [0.5, 0.6) is 0 Å². The van der Waals surface area contributed by atoms with E-state index in [1.165, 1.54) is 32.1 Å². The second kappa shape index (κ2) is 4.91. The SMILES string of the molecule is O=C(O)CN=CC1CCCCC1. The van der Waals surface area contributed by atoms with Crippen LogP contribution in [0, 0.1) is 5.92 Å². The Morgan fingerprint density at radius 3 is 2.67 bits per heavy atom. The van der Waals surface area contributed by atoms with Crippen molar-refractivity contribution < 1.29 is 9.90 Å². The maximum atomic E-state index is 10.1. The van der Waals surface area contributed by atoms with E-state index in [1.54, 1.807) is 0 Å². The second-order valence-electron chi connectivity index (χ2n) is 3.28. The minimum atomic E-state index is -0.845. The molecular formula is C9H15NO2. The van der Waals surface area contributed by atoms with Gasteiger partial charge in [0.1, 0.15) is 6.54 Å². The van der Waals surface area contributed by atoms with Gasteiger partial charge < -0.3 is 5.11 Å². The normalized spacial score (nSPS) is 20.0. The van der Waals surface area contributed by atoms with E-state index >= 15 is 0 Å². The fourth-order valence-electron chi connectivity index (χ4n) is 1.56. The molecule has 0 spiro atoms. The van der Waals surface area contributed by atoms with Crippen LogP contribution in [0.2, 0.25) is 0 Å². The zero-order valence-corrected chi connectivity index (χ0v) is 7.20. The van der Waals surface area contributed by atoms with Gasteiger partial charge in [0.05, 0.1) is 0 Å². The Labute approximate surface area is 72.5 Å². The molecule has 0 bridgehead atoms. The van der Waals surface area contributed by atoms with Gasteiger partial charge in [0.2, 0.25) is 0 Å². The molecule has 0 unspecified atom stereocenters. The standard InChI is InChI=1S/C9H15NO2/c11-9(12)7-10-6-8-4-2-1-3-5-8/h6,8H,1-5,7H2,(H,11,12). The third-order valence-electron chi connectivity index (χ3n) is 2.19. The zero-order valence-electron chi connectivity index (χ0n) is 7.20.